The number of carbonyl (C=O) groups is 1. The predicted molar refractivity (Wildman–Crippen MR) is 71.7 cm³/mol. The number of hydrogen-bond donors (Lipinski definition) is 1. The van der Waals surface area contributed by atoms with E-state index in [2.05, 4.69) is 4.72 Å². The molecule has 0 saturated heterocycles. The highest BCUT2D eigenvalue weighted by atomic mass is 35.5. The molecule has 1 heterocycles. The van der Waals surface area contributed by atoms with E-state index in [4.69, 9.17) is 11.6 Å². The molecule has 1 aliphatic rings. The number of carbonyl (C=O) groups excluding carboxylic acids is 1. The molecule has 0 bridgehead atoms. The number of halogens is 1. The Kier molecular flexibility index (Phi) is 3.82. The second-order valence-electron chi connectivity index (χ2n) is 3.71. The first-order chi connectivity index (χ1) is 8.46. The number of nitrogens with one attached hydrogen (secondary N) is 1. The second kappa shape index (κ2) is 5.05. The normalized spacial score (nSPS) is 23.2. The van der Waals surface area contributed by atoms with Crippen molar-refractivity contribution in [1.82, 2.24) is 4.72 Å². The Balaban J connectivity index is 2.31. The molecule has 1 N–H and O–H groups in total. The van der Waals surface area contributed by atoms with Crippen molar-refractivity contribution >= 4 is 38.6 Å². The molecular weight excluding hydrogens is 294 g/mol. The number of thioether (sulfide) groups is 1. The molecule has 0 saturated carbocycles. The van der Waals surface area contributed by atoms with E-state index < -0.39 is 20.1 Å². The smallest absolute Gasteiger partial charge is 0.253 e. The van der Waals surface area contributed by atoms with Crippen LogP contribution in [0.5, 0.6) is 0 Å². The van der Waals surface area contributed by atoms with Crippen LogP contribution in [0.15, 0.2) is 46.7 Å². The van der Waals surface area contributed by atoms with Crippen molar-refractivity contribution in [1.29, 1.82) is 0 Å². The molecule has 4 nitrogen and oxygen atoms in total. The van der Waals surface area contributed by atoms with Gasteiger partial charge in [-0.05, 0) is 29.1 Å². The van der Waals surface area contributed by atoms with Crippen molar-refractivity contribution in [3.63, 3.8) is 0 Å². The molecule has 0 aliphatic carbocycles. The van der Waals surface area contributed by atoms with Gasteiger partial charge in [0.15, 0.2) is 4.87 Å². The molecule has 0 spiro atoms. The topological polar surface area (TPSA) is 63.2 Å². The Hall–Kier alpha value is -0.820. The van der Waals surface area contributed by atoms with E-state index >= 15 is 0 Å². The number of hydrogen-bond acceptors (Lipinski definition) is 4. The molecule has 18 heavy (non-hydrogen) atoms. The van der Waals surface area contributed by atoms with Crippen LogP contribution >= 0.6 is 23.4 Å². The third kappa shape index (κ3) is 2.61. The van der Waals surface area contributed by atoms with Crippen LogP contribution in [0.3, 0.4) is 0 Å². The van der Waals surface area contributed by atoms with Gasteiger partial charge in [0.2, 0.25) is 10.0 Å². The Labute approximate surface area is 114 Å². The first-order valence-corrected chi connectivity index (χ1v) is 7.82. The summed E-state index contributed by atoms with van der Waals surface area (Å²) in [7, 11) is -3.76. The molecule has 0 aromatic heterocycles. The van der Waals surface area contributed by atoms with Crippen LogP contribution in [0.2, 0.25) is 0 Å². The number of benzene rings is 1. The minimum Gasteiger partial charge on any atom is -0.278 e. The summed E-state index contributed by atoms with van der Waals surface area (Å²) in [5.74, 6) is 0. The maximum Gasteiger partial charge on any atom is 0.253 e. The molecule has 1 aliphatic heterocycles. The molecule has 1 aromatic rings. The van der Waals surface area contributed by atoms with Gasteiger partial charge in [-0.25, -0.2) is 8.42 Å². The highest BCUT2D eigenvalue weighted by Gasteiger charge is 2.42. The third-order valence-corrected chi connectivity index (χ3v) is 5.70. The molecule has 7 heteroatoms. The Morgan fingerprint density at radius 3 is 2.50 bits per heavy atom. The lowest BCUT2D eigenvalue weighted by atomic mass is 10.2. The molecular formula is C11H10ClNO3S2. The summed E-state index contributed by atoms with van der Waals surface area (Å²) in [5.41, 5.74) is 0. The van der Waals surface area contributed by atoms with Gasteiger partial charge in [0.25, 0.3) is 5.24 Å². The van der Waals surface area contributed by atoms with Gasteiger partial charge in [-0.2, -0.15) is 4.72 Å². The molecule has 0 amide bonds. The monoisotopic (exact) mass is 303 g/mol. The van der Waals surface area contributed by atoms with E-state index in [0.29, 0.717) is 0 Å². The maximum absolute atomic E-state index is 12.1. The average Bonchev–Trinajstić information content (AvgIpc) is 2.79. The Morgan fingerprint density at radius 1 is 1.33 bits per heavy atom. The van der Waals surface area contributed by atoms with Crippen molar-refractivity contribution in [3.8, 4) is 0 Å². The molecule has 1 unspecified atom stereocenters. The molecule has 2 rings (SSSR count). The zero-order valence-electron chi connectivity index (χ0n) is 9.17. The van der Waals surface area contributed by atoms with Crippen LogP contribution < -0.4 is 4.72 Å². The summed E-state index contributed by atoms with van der Waals surface area (Å²) in [6, 6.07) is 7.87. The highest BCUT2D eigenvalue weighted by molar-refractivity contribution is 8.05. The minimum absolute atomic E-state index is 0.106. The van der Waals surface area contributed by atoms with Crippen LogP contribution in [0.4, 0.5) is 0 Å². The maximum atomic E-state index is 12.1. The van der Waals surface area contributed by atoms with Crippen molar-refractivity contribution in [3.05, 3.63) is 41.8 Å². The number of sulfonamides is 1. The van der Waals surface area contributed by atoms with Crippen molar-refractivity contribution < 1.29 is 13.2 Å². The van der Waals surface area contributed by atoms with Crippen LogP contribution in [0.1, 0.15) is 6.42 Å². The zero-order chi connectivity index (χ0) is 13.2. The Bertz CT molecular complexity index is 576. The summed E-state index contributed by atoms with van der Waals surface area (Å²) in [6.45, 7) is 0. The lowest BCUT2D eigenvalue weighted by Crippen LogP contribution is -2.48. The van der Waals surface area contributed by atoms with Gasteiger partial charge in [-0.3, -0.25) is 4.79 Å². The van der Waals surface area contributed by atoms with E-state index in [1.807, 2.05) is 0 Å². The first kappa shape index (κ1) is 13.6. The highest BCUT2D eigenvalue weighted by Crippen LogP contribution is 2.37. The van der Waals surface area contributed by atoms with Crippen molar-refractivity contribution in [2.24, 2.45) is 0 Å². The lowest BCUT2D eigenvalue weighted by molar-refractivity contribution is -0.113. The fraction of sp³-hybridized carbons (Fsp3) is 0.182. The van der Waals surface area contributed by atoms with E-state index in [9.17, 15) is 13.2 Å². The molecule has 0 radical (unpaired) electrons. The quantitative estimate of drug-likeness (QED) is 0.865. The SMILES string of the molecule is O=C(Cl)C1(NS(=O)(=O)c2ccccc2)CC=CS1. The summed E-state index contributed by atoms with van der Waals surface area (Å²) in [5, 5.41) is 0.936. The third-order valence-electron chi connectivity index (χ3n) is 2.44. The first-order valence-electron chi connectivity index (χ1n) is 5.08. The molecule has 0 fully saturated rings. The van der Waals surface area contributed by atoms with Gasteiger partial charge in [-0.1, -0.05) is 24.3 Å². The zero-order valence-corrected chi connectivity index (χ0v) is 11.6. The standard InChI is InChI=1S/C11H10ClNO3S2/c12-10(14)11(7-4-8-17-11)13-18(15,16)9-5-2-1-3-6-9/h1-6,8,13H,7H2. The van der Waals surface area contributed by atoms with E-state index in [1.54, 1.807) is 29.7 Å². The fourth-order valence-electron chi connectivity index (χ4n) is 1.53. The van der Waals surface area contributed by atoms with Crippen molar-refractivity contribution in [2.75, 3.05) is 0 Å². The predicted octanol–water partition coefficient (Wildman–Crippen LogP) is 2.08. The second-order valence-corrected chi connectivity index (χ2v) is 6.94. The van der Waals surface area contributed by atoms with Crippen molar-refractivity contribution in [2.45, 2.75) is 16.2 Å². The van der Waals surface area contributed by atoms with E-state index in [-0.39, 0.29) is 11.3 Å². The van der Waals surface area contributed by atoms with Gasteiger partial charge in [0.05, 0.1) is 4.90 Å². The van der Waals surface area contributed by atoms with E-state index in [0.717, 1.165) is 11.8 Å². The van der Waals surface area contributed by atoms with Crippen LogP contribution in [0, 0.1) is 0 Å². The Morgan fingerprint density at radius 2 is 2.00 bits per heavy atom. The number of rotatable bonds is 4. The van der Waals surface area contributed by atoms with E-state index in [1.165, 1.54) is 12.1 Å². The summed E-state index contributed by atoms with van der Waals surface area (Å²) in [4.78, 5) is 10.2. The van der Waals surface area contributed by atoms with Gasteiger partial charge in [0.1, 0.15) is 0 Å². The summed E-state index contributed by atoms with van der Waals surface area (Å²) < 4.78 is 26.6. The molecule has 96 valence electrons. The largest absolute Gasteiger partial charge is 0.278 e. The minimum atomic E-state index is -3.76. The van der Waals surface area contributed by atoms with Gasteiger partial charge in [0, 0.05) is 6.42 Å². The van der Waals surface area contributed by atoms with Crippen LogP contribution in [-0.2, 0) is 14.8 Å². The lowest BCUT2D eigenvalue weighted by Gasteiger charge is -2.24. The fourth-order valence-corrected chi connectivity index (χ4v) is 4.32. The summed E-state index contributed by atoms with van der Waals surface area (Å²) in [6.07, 6.45) is 1.95. The molecule has 1 aromatic carbocycles. The van der Waals surface area contributed by atoms with Crippen LogP contribution in [-0.4, -0.2) is 18.5 Å². The molecule has 1 atom stereocenters. The van der Waals surface area contributed by atoms with Crippen LogP contribution in [0.25, 0.3) is 0 Å². The summed E-state index contributed by atoms with van der Waals surface area (Å²) >= 11 is 6.57. The van der Waals surface area contributed by atoms with Gasteiger partial charge >= 0.3 is 0 Å². The van der Waals surface area contributed by atoms with Gasteiger partial charge < -0.3 is 0 Å². The van der Waals surface area contributed by atoms with Gasteiger partial charge in [-0.15, -0.1) is 11.8 Å². The average molecular weight is 304 g/mol.